The summed E-state index contributed by atoms with van der Waals surface area (Å²) in [6.07, 6.45) is -0.748. The molecule has 0 aliphatic carbocycles. The second-order valence-corrected chi connectivity index (χ2v) is 5.51. The van der Waals surface area contributed by atoms with Gasteiger partial charge < -0.3 is 15.0 Å². The van der Waals surface area contributed by atoms with Gasteiger partial charge in [-0.05, 0) is 42.6 Å². The fourth-order valence-corrected chi connectivity index (χ4v) is 2.25. The van der Waals surface area contributed by atoms with Crippen LogP contribution in [0.1, 0.15) is 12.5 Å². The van der Waals surface area contributed by atoms with Crippen LogP contribution in [0.2, 0.25) is 0 Å². The molecular formula is C17H17BF3NO3. The minimum atomic E-state index is -4.45. The summed E-state index contributed by atoms with van der Waals surface area (Å²) in [6.45, 7) is 4.77. The van der Waals surface area contributed by atoms with Gasteiger partial charge in [0.15, 0.2) is 0 Å². The largest absolute Gasteiger partial charge is 0.491 e. The molecule has 2 N–H and O–H groups in total. The van der Waals surface area contributed by atoms with Crippen molar-refractivity contribution >= 4 is 24.2 Å². The summed E-state index contributed by atoms with van der Waals surface area (Å²) < 4.78 is 42.6. The Morgan fingerprint density at radius 3 is 2.76 bits per heavy atom. The predicted molar refractivity (Wildman–Crippen MR) is 90.4 cm³/mol. The number of alkyl halides is 3. The van der Waals surface area contributed by atoms with Crippen molar-refractivity contribution in [1.82, 2.24) is 0 Å². The monoisotopic (exact) mass is 351 g/mol. The molecule has 0 bridgehead atoms. The highest BCUT2D eigenvalue weighted by molar-refractivity contribution is 6.61. The lowest BCUT2D eigenvalue weighted by Gasteiger charge is -2.19. The van der Waals surface area contributed by atoms with E-state index < -0.39 is 24.8 Å². The van der Waals surface area contributed by atoms with E-state index in [2.05, 4.69) is 11.9 Å². The Labute approximate surface area is 143 Å². The first kappa shape index (κ1) is 19.0. The number of rotatable bonds is 4. The highest BCUT2D eigenvalue weighted by atomic mass is 19.4. The average molecular weight is 351 g/mol. The molecule has 0 radical (unpaired) electrons. The molecule has 0 aromatic heterocycles. The summed E-state index contributed by atoms with van der Waals surface area (Å²) in [5, 5.41) is 12.4. The Morgan fingerprint density at radius 1 is 1.40 bits per heavy atom. The molecule has 1 aliphatic rings. The van der Waals surface area contributed by atoms with Crippen LogP contribution >= 0.6 is 0 Å². The van der Waals surface area contributed by atoms with Gasteiger partial charge in [0.05, 0.1) is 0 Å². The van der Waals surface area contributed by atoms with Crippen molar-refractivity contribution in [2.45, 2.75) is 19.5 Å². The van der Waals surface area contributed by atoms with Crippen molar-refractivity contribution in [3.63, 3.8) is 0 Å². The Morgan fingerprint density at radius 2 is 2.12 bits per heavy atom. The topological polar surface area (TPSA) is 58.6 Å². The lowest BCUT2D eigenvalue weighted by Crippen LogP contribution is -2.41. The summed E-state index contributed by atoms with van der Waals surface area (Å²) in [5.41, 5.74) is 1.03. The number of nitrogens with one attached hydrogen (secondary N) is 1. The van der Waals surface area contributed by atoms with Crippen LogP contribution in [0.15, 0.2) is 54.2 Å². The Kier molecular flexibility index (Phi) is 5.87. The predicted octanol–water partition coefficient (Wildman–Crippen LogP) is 2.51. The lowest BCUT2D eigenvalue weighted by molar-refractivity contribution is -0.112. The number of allylic oxidation sites excluding steroid dienone is 3. The number of anilines is 1. The zero-order valence-corrected chi connectivity index (χ0v) is 13.6. The van der Waals surface area contributed by atoms with Gasteiger partial charge >= 0.3 is 13.3 Å². The van der Waals surface area contributed by atoms with E-state index in [0.29, 0.717) is 24.2 Å². The zero-order valence-electron chi connectivity index (χ0n) is 13.6. The molecule has 25 heavy (non-hydrogen) atoms. The molecule has 0 spiro atoms. The van der Waals surface area contributed by atoms with E-state index in [0.717, 1.165) is 24.6 Å². The van der Waals surface area contributed by atoms with Crippen LogP contribution in [0.3, 0.4) is 0 Å². The fraction of sp³-hybridized carbons (Fsp3) is 0.235. The van der Waals surface area contributed by atoms with Gasteiger partial charge in [0.2, 0.25) is 0 Å². The number of fused-ring (bicyclic) bond motifs is 1. The van der Waals surface area contributed by atoms with Gasteiger partial charge in [-0.1, -0.05) is 24.8 Å². The minimum Gasteiger partial charge on any atom is -0.423 e. The van der Waals surface area contributed by atoms with Crippen molar-refractivity contribution in [3.8, 4) is 0 Å². The maximum absolute atomic E-state index is 12.5. The highest BCUT2D eigenvalue weighted by Crippen LogP contribution is 2.25. The Balaban J connectivity index is 2.17. The molecule has 0 atom stereocenters. The molecule has 132 valence electrons. The molecule has 0 unspecified atom stereocenters. The molecular weight excluding hydrogens is 334 g/mol. The van der Waals surface area contributed by atoms with Gasteiger partial charge in [0.1, 0.15) is 0 Å². The van der Waals surface area contributed by atoms with Crippen LogP contribution in [-0.4, -0.2) is 30.8 Å². The molecule has 0 saturated heterocycles. The molecule has 0 saturated carbocycles. The van der Waals surface area contributed by atoms with Crippen LogP contribution < -0.4 is 10.8 Å². The van der Waals surface area contributed by atoms with E-state index >= 15 is 0 Å². The second-order valence-electron chi connectivity index (χ2n) is 5.51. The van der Waals surface area contributed by atoms with Crippen molar-refractivity contribution in [1.29, 1.82) is 0 Å². The van der Waals surface area contributed by atoms with Gasteiger partial charge in [-0.15, -0.1) is 0 Å². The first-order valence-corrected chi connectivity index (χ1v) is 7.54. The summed E-state index contributed by atoms with van der Waals surface area (Å²) in [5.74, 6) is -0.604. The van der Waals surface area contributed by atoms with E-state index in [9.17, 15) is 23.0 Å². The van der Waals surface area contributed by atoms with E-state index in [-0.39, 0.29) is 5.57 Å². The van der Waals surface area contributed by atoms with Crippen LogP contribution in [0.25, 0.3) is 0 Å². The average Bonchev–Trinajstić information content (AvgIpc) is 2.55. The fourth-order valence-electron chi connectivity index (χ4n) is 2.25. The molecule has 1 aromatic carbocycles. The SMILES string of the molecule is C=CC(=CC=C(C)C(F)(F)F)C(=O)Nc1ccc2c(c1)B(O)OCC2. The maximum atomic E-state index is 12.5. The molecule has 1 aromatic rings. The van der Waals surface area contributed by atoms with Crippen LogP contribution in [0.4, 0.5) is 18.9 Å². The summed E-state index contributed by atoms with van der Waals surface area (Å²) in [4.78, 5) is 12.2. The van der Waals surface area contributed by atoms with Crippen molar-refractivity contribution in [3.05, 3.63) is 59.7 Å². The number of carbonyl (C=O) groups is 1. The third-order valence-corrected chi connectivity index (χ3v) is 3.76. The van der Waals surface area contributed by atoms with E-state index in [4.69, 9.17) is 4.65 Å². The van der Waals surface area contributed by atoms with E-state index in [1.54, 1.807) is 18.2 Å². The van der Waals surface area contributed by atoms with Crippen molar-refractivity contribution in [2.75, 3.05) is 11.9 Å². The maximum Gasteiger partial charge on any atom is 0.491 e. The van der Waals surface area contributed by atoms with Gasteiger partial charge in [0, 0.05) is 23.4 Å². The molecule has 1 amide bonds. The summed E-state index contributed by atoms with van der Waals surface area (Å²) in [6, 6.07) is 5.00. The Hall–Kier alpha value is -2.32. The second kappa shape index (κ2) is 7.71. The molecule has 8 heteroatoms. The number of carbonyl (C=O) groups excluding carboxylic acids is 1. The zero-order chi connectivity index (χ0) is 18.6. The number of halogens is 3. The third kappa shape index (κ3) is 4.84. The van der Waals surface area contributed by atoms with Gasteiger partial charge in [-0.3, -0.25) is 4.79 Å². The first-order valence-electron chi connectivity index (χ1n) is 7.54. The molecule has 1 heterocycles. The quantitative estimate of drug-likeness (QED) is 0.498. The van der Waals surface area contributed by atoms with Crippen molar-refractivity contribution in [2.24, 2.45) is 0 Å². The number of hydrogen-bond donors (Lipinski definition) is 2. The molecule has 0 fully saturated rings. The number of hydrogen-bond acceptors (Lipinski definition) is 3. The normalized spacial score (nSPS) is 15.6. The lowest BCUT2D eigenvalue weighted by atomic mass is 9.73. The smallest absolute Gasteiger partial charge is 0.423 e. The van der Waals surface area contributed by atoms with Crippen LogP contribution in [0.5, 0.6) is 0 Å². The molecule has 2 rings (SSSR count). The Bertz CT molecular complexity index is 741. The van der Waals surface area contributed by atoms with Crippen LogP contribution in [0, 0.1) is 0 Å². The van der Waals surface area contributed by atoms with Gasteiger partial charge in [-0.25, -0.2) is 0 Å². The number of benzene rings is 1. The van der Waals surface area contributed by atoms with E-state index in [1.807, 2.05) is 0 Å². The van der Waals surface area contributed by atoms with Gasteiger partial charge in [-0.2, -0.15) is 13.2 Å². The number of amides is 1. The standard InChI is InChI=1S/C17H17BF3NO3/c1-3-12(5-4-11(2)17(19,20)21)16(23)22-14-7-6-13-8-9-25-18(24)15(13)10-14/h3-7,10,24H,1,8-9H2,2H3,(H,22,23). The molecule has 4 nitrogen and oxygen atoms in total. The summed E-state index contributed by atoms with van der Waals surface area (Å²) >= 11 is 0. The van der Waals surface area contributed by atoms with Crippen LogP contribution in [-0.2, 0) is 15.9 Å². The minimum absolute atomic E-state index is 0.0156. The van der Waals surface area contributed by atoms with E-state index in [1.165, 1.54) is 6.08 Å². The summed E-state index contributed by atoms with van der Waals surface area (Å²) in [7, 11) is -1.06. The third-order valence-electron chi connectivity index (χ3n) is 3.76. The van der Waals surface area contributed by atoms with Crippen molar-refractivity contribution < 1.29 is 27.6 Å². The highest BCUT2D eigenvalue weighted by Gasteiger charge is 2.29. The molecule has 1 aliphatic heterocycles. The van der Waals surface area contributed by atoms with Gasteiger partial charge in [0.25, 0.3) is 5.91 Å². The first-order chi connectivity index (χ1) is 11.7.